The fourth-order valence-corrected chi connectivity index (χ4v) is 2.68. The summed E-state index contributed by atoms with van der Waals surface area (Å²) < 4.78 is 13.2. The molecule has 1 aromatic carbocycles. The number of rotatable bonds is 2. The average molecular weight is 232 g/mol. The average Bonchev–Trinajstić information content (AvgIpc) is 2.69. The zero-order valence-electron chi connectivity index (χ0n) is 9.29. The predicted octanol–water partition coefficient (Wildman–Crippen LogP) is 2.43. The van der Waals surface area contributed by atoms with Crippen molar-refractivity contribution in [3.63, 3.8) is 0 Å². The van der Waals surface area contributed by atoms with Crippen molar-refractivity contribution >= 4 is 17.3 Å². The molecule has 0 saturated heterocycles. The Morgan fingerprint density at radius 2 is 2.35 bits per heavy atom. The summed E-state index contributed by atoms with van der Waals surface area (Å²) in [7, 11) is 0. The maximum Gasteiger partial charge on any atom is 0.207 e. The molecule has 1 aliphatic rings. The van der Waals surface area contributed by atoms with E-state index in [0.29, 0.717) is 0 Å². The zero-order valence-corrected chi connectivity index (χ0v) is 9.29. The van der Waals surface area contributed by atoms with Crippen LogP contribution in [0, 0.1) is 5.82 Å². The Morgan fingerprint density at radius 1 is 1.47 bits per heavy atom. The van der Waals surface area contributed by atoms with Crippen LogP contribution in [0.2, 0.25) is 0 Å². The number of aromatic nitrogens is 1. The van der Waals surface area contributed by atoms with Crippen molar-refractivity contribution in [2.45, 2.75) is 25.3 Å². The molecule has 2 N–H and O–H groups in total. The molecule has 88 valence electrons. The number of amides is 1. The van der Waals surface area contributed by atoms with Crippen LogP contribution in [0.5, 0.6) is 0 Å². The van der Waals surface area contributed by atoms with Crippen LogP contribution in [0.25, 0.3) is 10.9 Å². The van der Waals surface area contributed by atoms with E-state index in [4.69, 9.17) is 0 Å². The molecule has 0 spiro atoms. The van der Waals surface area contributed by atoms with E-state index in [1.54, 1.807) is 12.1 Å². The minimum absolute atomic E-state index is 0.0340. The highest BCUT2D eigenvalue weighted by molar-refractivity contribution is 5.85. The summed E-state index contributed by atoms with van der Waals surface area (Å²) >= 11 is 0. The number of aryl methyl sites for hydroxylation is 1. The van der Waals surface area contributed by atoms with Gasteiger partial charge in [0.15, 0.2) is 0 Å². The van der Waals surface area contributed by atoms with Crippen LogP contribution in [0.1, 0.15) is 30.1 Å². The van der Waals surface area contributed by atoms with E-state index >= 15 is 0 Å². The number of nitrogens with one attached hydrogen (secondary N) is 2. The number of hydrogen-bond donors (Lipinski definition) is 2. The second kappa shape index (κ2) is 3.87. The predicted molar refractivity (Wildman–Crippen MR) is 63.1 cm³/mol. The maximum absolute atomic E-state index is 13.2. The Bertz CT molecular complexity index is 576. The molecule has 1 aromatic heterocycles. The van der Waals surface area contributed by atoms with Crippen LogP contribution >= 0.6 is 0 Å². The number of halogens is 1. The Balaban J connectivity index is 2.18. The highest BCUT2D eigenvalue weighted by Gasteiger charge is 2.23. The largest absolute Gasteiger partial charge is 0.356 e. The maximum atomic E-state index is 13.2. The number of carbonyl (C=O) groups is 1. The molecule has 1 aliphatic carbocycles. The molecule has 1 heterocycles. The fraction of sp³-hybridized carbons (Fsp3) is 0.308. The van der Waals surface area contributed by atoms with E-state index in [-0.39, 0.29) is 11.9 Å². The van der Waals surface area contributed by atoms with Gasteiger partial charge in [0.1, 0.15) is 5.82 Å². The number of fused-ring (bicyclic) bond motifs is 3. The van der Waals surface area contributed by atoms with Crippen molar-refractivity contribution < 1.29 is 9.18 Å². The SMILES string of the molecule is O=CNC1CCCc2c1[nH]c1ccc(F)cc21. The van der Waals surface area contributed by atoms with Gasteiger partial charge in [0, 0.05) is 16.6 Å². The molecular weight excluding hydrogens is 219 g/mol. The lowest BCUT2D eigenvalue weighted by molar-refractivity contribution is -0.110. The Labute approximate surface area is 98.0 Å². The molecule has 0 fully saturated rings. The van der Waals surface area contributed by atoms with Crippen molar-refractivity contribution in [3.8, 4) is 0 Å². The van der Waals surface area contributed by atoms with E-state index in [1.165, 1.54) is 6.07 Å². The second-order valence-electron chi connectivity index (χ2n) is 4.44. The normalized spacial score (nSPS) is 19.0. The summed E-state index contributed by atoms with van der Waals surface area (Å²) in [4.78, 5) is 13.9. The topological polar surface area (TPSA) is 44.9 Å². The molecule has 2 aromatic rings. The molecule has 0 saturated carbocycles. The minimum Gasteiger partial charge on any atom is -0.356 e. The lowest BCUT2D eigenvalue weighted by atomic mass is 9.92. The summed E-state index contributed by atoms with van der Waals surface area (Å²) in [5, 5.41) is 3.75. The smallest absolute Gasteiger partial charge is 0.207 e. The van der Waals surface area contributed by atoms with Gasteiger partial charge in [-0.15, -0.1) is 0 Å². The van der Waals surface area contributed by atoms with Gasteiger partial charge in [-0.1, -0.05) is 0 Å². The van der Waals surface area contributed by atoms with Gasteiger partial charge >= 0.3 is 0 Å². The van der Waals surface area contributed by atoms with Crippen molar-refractivity contribution in [2.75, 3.05) is 0 Å². The highest BCUT2D eigenvalue weighted by Crippen LogP contribution is 2.34. The first kappa shape index (κ1) is 10.3. The van der Waals surface area contributed by atoms with Gasteiger partial charge in [-0.05, 0) is 43.0 Å². The Hall–Kier alpha value is -1.84. The minimum atomic E-state index is -0.218. The zero-order chi connectivity index (χ0) is 11.8. The van der Waals surface area contributed by atoms with Crippen LogP contribution in [0.15, 0.2) is 18.2 Å². The van der Waals surface area contributed by atoms with Gasteiger partial charge in [-0.2, -0.15) is 0 Å². The lowest BCUT2D eigenvalue weighted by Gasteiger charge is -2.21. The Kier molecular flexibility index (Phi) is 2.35. The second-order valence-corrected chi connectivity index (χ2v) is 4.44. The van der Waals surface area contributed by atoms with Crippen molar-refractivity contribution in [2.24, 2.45) is 0 Å². The van der Waals surface area contributed by atoms with Gasteiger partial charge in [0.2, 0.25) is 6.41 Å². The highest BCUT2D eigenvalue weighted by atomic mass is 19.1. The van der Waals surface area contributed by atoms with Crippen LogP contribution in [-0.2, 0) is 11.2 Å². The van der Waals surface area contributed by atoms with E-state index in [9.17, 15) is 9.18 Å². The standard InChI is InChI=1S/C13H13FN2O/c14-8-4-5-11-10(6-8)9-2-1-3-12(15-7-17)13(9)16-11/h4-7,12,16H,1-3H2,(H,15,17). The van der Waals surface area contributed by atoms with Gasteiger partial charge in [-0.25, -0.2) is 4.39 Å². The Morgan fingerprint density at radius 3 is 3.18 bits per heavy atom. The number of hydrogen-bond acceptors (Lipinski definition) is 1. The molecule has 17 heavy (non-hydrogen) atoms. The molecule has 0 bridgehead atoms. The lowest BCUT2D eigenvalue weighted by Crippen LogP contribution is -2.23. The van der Waals surface area contributed by atoms with E-state index < -0.39 is 0 Å². The molecule has 3 nitrogen and oxygen atoms in total. The molecule has 1 amide bonds. The third kappa shape index (κ3) is 1.60. The van der Waals surface area contributed by atoms with Crippen LogP contribution in [-0.4, -0.2) is 11.4 Å². The van der Waals surface area contributed by atoms with E-state index in [2.05, 4.69) is 10.3 Å². The third-order valence-electron chi connectivity index (χ3n) is 3.44. The number of benzene rings is 1. The number of aromatic amines is 1. The molecule has 4 heteroatoms. The van der Waals surface area contributed by atoms with Gasteiger partial charge in [-0.3, -0.25) is 4.79 Å². The van der Waals surface area contributed by atoms with Crippen molar-refractivity contribution in [1.29, 1.82) is 0 Å². The van der Waals surface area contributed by atoms with Gasteiger partial charge in [0.05, 0.1) is 6.04 Å². The fourth-order valence-electron chi connectivity index (χ4n) is 2.68. The first-order chi connectivity index (χ1) is 8.29. The number of H-pyrrole nitrogens is 1. The first-order valence-corrected chi connectivity index (χ1v) is 5.79. The van der Waals surface area contributed by atoms with E-state index in [1.807, 2.05) is 0 Å². The molecule has 1 unspecified atom stereocenters. The summed E-state index contributed by atoms with van der Waals surface area (Å²) in [6.45, 7) is 0. The van der Waals surface area contributed by atoms with E-state index in [0.717, 1.165) is 47.8 Å². The summed E-state index contributed by atoms with van der Waals surface area (Å²) in [6, 6.07) is 4.80. The quantitative estimate of drug-likeness (QED) is 0.767. The van der Waals surface area contributed by atoms with Crippen LogP contribution < -0.4 is 5.32 Å². The van der Waals surface area contributed by atoms with Crippen molar-refractivity contribution in [1.82, 2.24) is 10.3 Å². The van der Waals surface area contributed by atoms with Gasteiger partial charge < -0.3 is 10.3 Å². The molecule has 0 radical (unpaired) electrons. The third-order valence-corrected chi connectivity index (χ3v) is 3.44. The van der Waals surface area contributed by atoms with Crippen molar-refractivity contribution in [3.05, 3.63) is 35.3 Å². The monoisotopic (exact) mass is 232 g/mol. The molecule has 1 atom stereocenters. The molecule has 0 aliphatic heterocycles. The van der Waals surface area contributed by atoms with Crippen LogP contribution in [0.3, 0.4) is 0 Å². The van der Waals surface area contributed by atoms with Gasteiger partial charge in [0.25, 0.3) is 0 Å². The molecule has 3 rings (SSSR count). The summed E-state index contributed by atoms with van der Waals surface area (Å²) in [5.74, 6) is -0.218. The first-order valence-electron chi connectivity index (χ1n) is 5.79. The number of carbonyl (C=O) groups excluding carboxylic acids is 1. The summed E-state index contributed by atoms with van der Waals surface area (Å²) in [6.07, 6.45) is 3.62. The van der Waals surface area contributed by atoms with Crippen LogP contribution in [0.4, 0.5) is 4.39 Å². The molecular formula is C13H13FN2O. The summed E-state index contributed by atoms with van der Waals surface area (Å²) in [5.41, 5.74) is 3.12.